The van der Waals surface area contributed by atoms with Crippen LogP contribution in [0.25, 0.3) is 0 Å². The number of rotatable bonds is 4. The molecule has 0 atom stereocenters. The third kappa shape index (κ3) is 6.49. The summed E-state index contributed by atoms with van der Waals surface area (Å²) in [5.41, 5.74) is 4.71. The minimum absolute atomic E-state index is 0.358. The Bertz CT molecular complexity index is 381. The van der Waals surface area contributed by atoms with E-state index in [0.717, 1.165) is 12.8 Å². The molecule has 0 spiro atoms. The molecule has 1 rings (SSSR count). The summed E-state index contributed by atoms with van der Waals surface area (Å²) in [6, 6.07) is 0. The Morgan fingerprint density at radius 1 is 1.10 bits per heavy atom. The van der Waals surface area contributed by atoms with Crippen molar-refractivity contribution in [2.24, 2.45) is 15.6 Å². The minimum atomic E-state index is 0.358. The molecule has 0 bridgehead atoms. The summed E-state index contributed by atoms with van der Waals surface area (Å²) < 4.78 is 0. The maximum Gasteiger partial charge on any atom is 0.0621 e. The van der Waals surface area contributed by atoms with E-state index in [-0.39, 0.29) is 0 Å². The van der Waals surface area contributed by atoms with Crippen molar-refractivity contribution in [2.45, 2.75) is 79.1 Å². The second kappa shape index (κ2) is 8.39. The van der Waals surface area contributed by atoms with Crippen LogP contribution in [0.4, 0.5) is 0 Å². The monoisotopic (exact) mass is 276 g/mol. The first-order valence-electron chi connectivity index (χ1n) is 8.11. The molecule has 0 aromatic rings. The van der Waals surface area contributed by atoms with E-state index in [0.29, 0.717) is 5.41 Å². The molecule has 0 heterocycles. The number of allylic oxidation sites excluding steroid dienone is 4. The molecule has 0 saturated carbocycles. The van der Waals surface area contributed by atoms with E-state index >= 15 is 0 Å². The molecule has 2 nitrogen and oxygen atoms in total. The minimum Gasteiger partial charge on any atom is -0.192 e. The van der Waals surface area contributed by atoms with Crippen molar-refractivity contribution >= 4 is 0 Å². The highest BCUT2D eigenvalue weighted by molar-refractivity contribution is 5.21. The van der Waals surface area contributed by atoms with Gasteiger partial charge in [-0.05, 0) is 56.4 Å². The lowest BCUT2D eigenvalue weighted by molar-refractivity contribution is 0.405. The molecule has 0 amide bonds. The van der Waals surface area contributed by atoms with E-state index < -0.39 is 0 Å². The normalized spacial score (nSPS) is 22.9. The molecule has 0 unspecified atom stereocenters. The Hall–Kier alpha value is -0.920. The van der Waals surface area contributed by atoms with E-state index in [2.05, 4.69) is 44.0 Å². The van der Waals surface area contributed by atoms with E-state index in [9.17, 15) is 0 Å². The van der Waals surface area contributed by atoms with Crippen molar-refractivity contribution in [2.75, 3.05) is 7.05 Å². The van der Waals surface area contributed by atoms with Crippen molar-refractivity contribution in [1.29, 1.82) is 0 Å². The fourth-order valence-electron chi connectivity index (χ4n) is 2.96. The van der Waals surface area contributed by atoms with Crippen LogP contribution in [0, 0.1) is 5.41 Å². The molecule has 0 N–H and O–H groups in total. The first-order valence-corrected chi connectivity index (χ1v) is 8.11. The zero-order valence-corrected chi connectivity index (χ0v) is 14.1. The van der Waals surface area contributed by atoms with Crippen molar-refractivity contribution in [3.63, 3.8) is 0 Å². The molecule has 1 aliphatic rings. The Labute approximate surface area is 125 Å². The maximum atomic E-state index is 4.43. The van der Waals surface area contributed by atoms with Crippen LogP contribution >= 0.6 is 0 Å². The average Bonchev–Trinajstić information content (AvgIpc) is 2.34. The number of hydrogen-bond donors (Lipinski definition) is 0. The second-order valence-corrected chi connectivity index (χ2v) is 7.13. The lowest BCUT2D eigenvalue weighted by Crippen LogP contribution is -2.07. The van der Waals surface area contributed by atoms with Crippen molar-refractivity contribution in [3.05, 3.63) is 22.9 Å². The van der Waals surface area contributed by atoms with Gasteiger partial charge in [0.1, 0.15) is 0 Å². The summed E-state index contributed by atoms with van der Waals surface area (Å²) in [6.07, 6.45) is 12.2. The van der Waals surface area contributed by atoms with E-state index in [1.807, 2.05) is 0 Å². The Balaban J connectivity index is 2.88. The molecule has 0 fully saturated rings. The van der Waals surface area contributed by atoms with Crippen molar-refractivity contribution in [1.82, 2.24) is 0 Å². The quantitative estimate of drug-likeness (QED) is 0.416. The molecule has 0 radical (unpaired) electrons. The van der Waals surface area contributed by atoms with Crippen LogP contribution in [0.5, 0.6) is 0 Å². The van der Waals surface area contributed by atoms with Gasteiger partial charge in [-0.25, -0.2) is 0 Å². The van der Waals surface area contributed by atoms with Gasteiger partial charge in [0.15, 0.2) is 0 Å². The summed E-state index contributed by atoms with van der Waals surface area (Å²) >= 11 is 0. The summed E-state index contributed by atoms with van der Waals surface area (Å²) in [5.74, 6) is 0. The van der Waals surface area contributed by atoms with Gasteiger partial charge in [0.2, 0.25) is 0 Å². The van der Waals surface area contributed by atoms with Crippen LogP contribution in [0.2, 0.25) is 0 Å². The van der Waals surface area contributed by atoms with Gasteiger partial charge in [0, 0.05) is 7.05 Å². The molecular weight excluding hydrogens is 244 g/mol. The van der Waals surface area contributed by atoms with Gasteiger partial charge in [0.05, 0.1) is 5.70 Å². The highest BCUT2D eigenvalue weighted by Crippen LogP contribution is 2.33. The van der Waals surface area contributed by atoms with Crippen LogP contribution < -0.4 is 0 Å². The smallest absolute Gasteiger partial charge is 0.0621 e. The topological polar surface area (TPSA) is 24.7 Å². The van der Waals surface area contributed by atoms with Gasteiger partial charge >= 0.3 is 0 Å². The van der Waals surface area contributed by atoms with Gasteiger partial charge in [-0.1, -0.05) is 45.3 Å². The second-order valence-electron chi connectivity index (χ2n) is 7.13. The number of hydrogen-bond acceptors (Lipinski definition) is 2. The summed E-state index contributed by atoms with van der Waals surface area (Å²) in [7, 11) is 1.79. The van der Waals surface area contributed by atoms with E-state index in [1.54, 1.807) is 12.6 Å². The van der Waals surface area contributed by atoms with Gasteiger partial charge in [-0.3, -0.25) is 0 Å². The highest BCUT2D eigenvalue weighted by Gasteiger charge is 2.16. The van der Waals surface area contributed by atoms with Gasteiger partial charge < -0.3 is 0 Å². The van der Waals surface area contributed by atoms with Crippen LogP contribution in [-0.2, 0) is 0 Å². The maximum absolute atomic E-state index is 4.43. The predicted octanol–water partition coefficient (Wildman–Crippen LogP) is 6.45. The molecule has 2 heteroatoms. The number of azo groups is 1. The molecule has 20 heavy (non-hydrogen) atoms. The van der Waals surface area contributed by atoms with Crippen LogP contribution in [0.1, 0.15) is 79.1 Å². The molecule has 0 saturated heterocycles. The Morgan fingerprint density at radius 3 is 2.30 bits per heavy atom. The largest absolute Gasteiger partial charge is 0.192 e. The molecule has 114 valence electrons. The zero-order chi connectivity index (χ0) is 15.0. The van der Waals surface area contributed by atoms with E-state index in [1.165, 1.54) is 49.8 Å². The molecule has 0 aromatic carbocycles. The van der Waals surface area contributed by atoms with Gasteiger partial charge in [-0.15, -0.1) is 0 Å². The van der Waals surface area contributed by atoms with Crippen molar-refractivity contribution < 1.29 is 0 Å². The molecule has 1 aliphatic carbocycles. The lowest BCUT2D eigenvalue weighted by atomic mass is 9.84. The zero-order valence-electron chi connectivity index (χ0n) is 14.1. The van der Waals surface area contributed by atoms with Crippen LogP contribution in [0.3, 0.4) is 0 Å². The van der Waals surface area contributed by atoms with E-state index in [4.69, 9.17) is 0 Å². The third-order valence-corrected chi connectivity index (χ3v) is 3.88. The molecular formula is C18H32N2. The van der Waals surface area contributed by atoms with Crippen molar-refractivity contribution in [3.8, 4) is 0 Å². The summed E-state index contributed by atoms with van der Waals surface area (Å²) in [4.78, 5) is 0. The van der Waals surface area contributed by atoms with Gasteiger partial charge in [0.25, 0.3) is 0 Å². The predicted molar refractivity (Wildman–Crippen MR) is 88.0 cm³/mol. The third-order valence-electron chi connectivity index (χ3n) is 3.88. The van der Waals surface area contributed by atoms with Crippen LogP contribution in [-0.4, -0.2) is 7.05 Å². The first-order chi connectivity index (χ1) is 9.46. The molecule has 0 aliphatic heterocycles. The summed E-state index contributed by atoms with van der Waals surface area (Å²) in [6.45, 7) is 9.12. The lowest BCUT2D eigenvalue weighted by Gasteiger charge is -2.22. The van der Waals surface area contributed by atoms with Gasteiger partial charge in [-0.2, -0.15) is 10.2 Å². The highest BCUT2D eigenvalue weighted by atomic mass is 15.1. The SMILES string of the molecule is C/C=C(/C/C1=C(\N=N/C)CCCCCC1)CC(C)(C)C. The first kappa shape index (κ1) is 17.1. The Kier molecular flexibility index (Phi) is 7.18. The summed E-state index contributed by atoms with van der Waals surface area (Å²) in [5, 5.41) is 8.47. The molecule has 0 aromatic heterocycles. The Morgan fingerprint density at radius 2 is 1.75 bits per heavy atom. The number of nitrogens with zero attached hydrogens (tertiary/aromatic N) is 2. The standard InChI is InChI=1S/C18H32N2/c1-6-15(14-18(2,3)4)13-16-11-9-7-8-10-12-17(16)20-19-5/h6H,7-14H2,1-5H3/b15-6-,17-16-,20-19-. The average molecular weight is 276 g/mol. The fourth-order valence-corrected chi connectivity index (χ4v) is 2.96. The fraction of sp³-hybridized carbons (Fsp3) is 0.778. The van der Waals surface area contributed by atoms with Crippen LogP contribution in [0.15, 0.2) is 33.1 Å².